The minimum atomic E-state index is -0.0103. The molecule has 1 aliphatic heterocycles. The van der Waals surface area contributed by atoms with Crippen LogP contribution in [0.4, 0.5) is 0 Å². The molecule has 0 aromatic heterocycles. The molecular weight excluding hydrogens is 360 g/mol. The van der Waals surface area contributed by atoms with Gasteiger partial charge in [0, 0.05) is 31.1 Å². The highest BCUT2D eigenvalue weighted by Gasteiger charge is 2.25. The zero-order chi connectivity index (χ0) is 20.1. The summed E-state index contributed by atoms with van der Waals surface area (Å²) in [7, 11) is 0. The zero-order valence-electron chi connectivity index (χ0n) is 17.2. The maximum atomic E-state index is 12.8. The Labute approximate surface area is 173 Å². The SMILES string of the molecule is O=C(NC1CCN(C(=O)CCC2CCCCC2)CC1)c1cccc2ccccc12. The van der Waals surface area contributed by atoms with E-state index in [2.05, 4.69) is 5.32 Å². The summed E-state index contributed by atoms with van der Waals surface area (Å²) in [4.78, 5) is 27.4. The lowest BCUT2D eigenvalue weighted by atomic mass is 9.86. The fraction of sp³-hybridized carbons (Fsp3) is 0.520. The largest absolute Gasteiger partial charge is 0.349 e. The van der Waals surface area contributed by atoms with Gasteiger partial charge in [0.2, 0.25) is 5.91 Å². The Balaban J connectivity index is 1.26. The van der Waals surface area contributed by atoms with Crippen molar-refractivity contribution >= 4 is 22.6 Å². The molecule has 4 nitrogen and oxygen atoms in total. The number of piperidine rings is 1. The number of hydrogen-bond acceptors (Lipinski definition) is 2. The molecule has 1 saturated heterocycles. The fourth-order valence-corrected chi connectivity index (χ4v) is 4.92. The van der Waals surface area contributed by atoms with E-state index >= 15 is 0 Å². The van der Waals surface area contributed by atoms with E-state index in [1.54, 1.807) is 0 Å². The Morgan fingerprint density at radius 2 is 1.62 bits per heavy atom. The van der Waals surface area contributed by atoms with Gasteiger partial charge < -0.3 is 10.2 Å². The highest BCUT2D eigenvalue weighted by Crippen LogP contribution is 2.28. The summed E-state index contributed by atoms with van der Waals surface area (Å²) in [5, 5.41) is 5.26. The monoisotopic (exact) mass is 392 g/mol. The lowest BCUT2D eigenvalue weighted by molar-refractivity contribution is -0.132. The quantitative estimate of drug-likeness (QED) is 0.785. The number of rotatable bonds is 5. The van der Waals surface area contributed by atoms with Crippen molar-refractivity contribution in [3.8, 4) is 0 Å². The van der Waals surface area contributed by atoms with Crippen molar-refractivity contribution in [3.05, 3.63) is 48.0 Å². The smallest absolute Gasteiger partial charge is 0.252 e. The molecule has 0 unspecified atom stereocenters. The number of amides is 2. The molecule has 0 bridgehead atoms. The first kappa shape index (κ1) is 19.9. The molecule has 1 aliphatic carbocycles. The summed E-state index contributed by atoms with van der Waals surface area (Å²) in [5.41, 5.74) is 0.731. The number of likely N-dealkylation sites (tertiary alicyclic amines) is 1. The van der Waals surface area contributed by atoms with Crippen molar-refractivity contribution in [2.75, 3.05) is 13.1 Å². The Kier molecular flexibility index (Phi) is 6.48. The minimum absolute atomic E-state index is 0.0103. The van der Waals surface area contributed by atoms with E-state index in [-0.39, 0.29) is 11.9 Å². The first-order valence-corrected chi connectivity index (χ1v) is 11.3. The predicted octanol–water partition coefficient (Wildman–Crippen LogP) is 4.92. The van der Waals surface area contributed by atoms with Gasteiger partial charge in [-0.05, 0) is 42.0 Å². The van der Waals surface area contributed by atoms with Gasteiger partial charge in [0.1, 0.15) is 0 Å². The van der Waals surface area contributed by atoms with Crippen LogP contribution in [0.25, 0.3) is 10.8 Å². The summed E-state index contributed by atoms with van der Waals surface area (Å²) < 4.78 is 0. The highest BCUT2D eigenvalue weighted by molar-refractivity contribution is 6.07. The fourth-order valence-electron chi connectivity index (χ4n) is 4.92. The molecule has 0 atom stereocenters. The van der Waals surface area contributed by atoms with Gasteiger partial charge >= 0.3 is 0 Å². The molecule has 4 rings (SSSR count). The third-order valence-corrected chi connectivity index (χ3v) is 6.71. The van der Waals surface area contributed by atoms with Crippen molar-refractivity contribution in [2.24, 2.45) is 5.92 Å². The average Bonchev–Trinajstić information content (AvgIpc) is 2.78. The Morgan fingerprint density at radius 3 is 2.41 bits per heavy atom. The number of hydrogen-bond donors (Lipinski definition) is 1. The van der Waals surface area contributed by atoms with Crippen LogP contribution in [0.2, 0.25) is 0 Å². The van der Waals surface area contributed by atoms with Crippen molar-refractivity contribution < 1.29 is 9.59 Å². The summed E-state index contributed by atoms with van der Waals surface area (Å²) in [6.07, 6.45) is 10.1. The van der Waals surface area contributed by atoms with Crippen LogP contribution in [0.15, 0.2) is 42.5 Å². The van der Waals surface area contributed by atoms with E-state index in [1.807, 2.05) is 47.4 Å². The molecule has 0 spiro atoms. The van der Waals surface area contributed by atoms with Crippen LogP contribution in [0.3, 0.4) is 0 Å². The molecule has 2 aromatic carbocycles. The van der Waals surface area contributed by atoms with Crippen molar-refractivity contribution in [2.45, 2.75) is 63.8 Å². The van der Waals surface area contributed by atoms with E-state index in [1.165, 1.54) is 32.1 Å². The summed E-state index contributed by atoms with van der Waals surface area (Å²) >= 11 is 0. The molecule has 29 heavy (non-hydrogen) atoms. The first-order valence-electron chi connectivity index (χ1n) is 11.3. The van der Waals surface area contributed by atoms with Crippen molar-refractivity contribution in [1.29, 1.82) is 0 Å². The molecule has 2 amide bonds. The zero-order valence-corrected chi connectivity index (χ0v) is 17.2. The second-order valence-electron chi connectivity index (χ2n) is 8.70. The number of fused-ring (bicyclic) bond motifs is 1. The first-order chi connectivity index (χ1) is 14.2. The van der Waals surface area contributed by atoms with Gasteiger partial charge in [0.15, 0.2) is 0 Å². The normalized spacial score (nSPS) is 18.7. The van der Waals surface area contributed by atoms with Crippen LogP contribution in [0.5, 0.6) is 0 Å². The summed E-state index contributed by atoms with van der Waals surface area (Å²) in [6, 6.07) is 14.0. The van der Waals surface area contributed by atoms with Gasteiger partial charge in [-0.1, -0.05) is 68.5 Å². The van der Waals surface area contributed by atoms with Crippen LogP contribution in [0.1, 0.15) is 68.1 Å². The Morgan fingerprint density at radius 1 is 0.897 bits per heavy atom. The van der Waals surface area contributed by atoms with Gasteiger partial charge in [-0.2, -0.15) is 0 Å². The molecule has 2 aliphatic rings. The lowest BCUT2D eigenvalue weighted by Crippen LogP contribution is -2.46. The lowest BCUT2D eigenvalue weighted by Gasteiger charge is -2.33. The molecule has 4 heteroatoms. The van der Waals surface area contributed by atoms with E-state index in [0.29, 0.717) is 12.3 Å². The molecule has 0 radical (unpaired) electrons. The van der Waals surface area contributed by atoms with Gasteiger partial charge in [-0.15, -0.1) is 0 Å². The standard InChI is InChI=1S/C25H32N2O2/c28-24(14-13-19-7-2-1-3-8-19)27-17-15-21(16-18-27)26-25(29)23-12-6-10-20-9-4-5-11-22(20)23/h4-6,9-12,19,21H,1-3,7-8,13-18H2,(H,26,29). The highest BCUT2D eigenvalue weighted by atomic mass is 16.2. The van der Waals surface area contributed by atoms with Gasteiger partial charge in [0.05, 0.1) is 0 Å². The minimum Gasteiger partial charge on any atom is -0.349 e. The van der Waals surface area contributed by atoms with Crippen LogP contribution in [0, 0.1) is 5.92 Å². The Hall–Kier alpha value is -2.36. The number of benzene rings is 2. The number of nitrogens with one attached hydrogen (secondary N) is 1. The van der Waals surface area contributed by atoms with Crippen molar-refractivity contribution in [1.82, 2.24) is 10.2 Å². The molecular formula is C25H32N2O2. The topological polar surface area (TPSA) is 49.4 Å². The molecule has 1 heterocycles. The third-order valence-electron chi connectivity index (χ3n) is 6.71. The van der Waals surface area contributed by atoms with Gasteiger partial charge in [-0.3, -0.25) is 9.59 Å². The van der Waals surface area contributed by atoms with E-state index in [4.69, 9.17) is 0 Å². The second kappa shape index (κ2) is 9.43. The molecule has 154 valence electrons. The Bertz CT molecular complexity index is 844. The molecule has 2 aromatic rings. The van der Waals surface area contributed by atoms with E-state index in [0.717, 1.165) is 54.6 Å². The number of carbonyl (C=O) groups excluding carboxylic acids is 2. The van der Waals surface area contributed by atoms with Crippen LogP contribution in [-0.4, -0.2) is 35.8 Å². The maximum absolute atomic E-state index is 12.8. The van der Waals surface area contributed by atoms with E-state index in [9.17, 15) is 9.59 Å². The molecule has 2 fully saturated rings. The summed E-state index contributed by atoms with van der Waals surface area (Å²) in [6.45, 7) is 1.51. The number of carbonyl (C=O) groups is 2. The van der Waals surface area contributed by atoms with Crippen LogP contribution < -0.4 is 5.32 Å². The second-order valence-corrected chi connectivity index (χ2v) is 8.70. The average molecular weight is 393 g/mol. The van der Waals surface area contributed by atoms with Gasteiger partial charge in [-0.25, -0.2) is 0 Å². The predicted molar refractivity (Wildman–Crippen MR) is 117 cm³/mol. The summed E-state index contributed by atoms with van der Waals surface area (Å²) in [5.74, 6) is 1.04. The van der Waals surface area contributed by atoms with Crippen LogP contribution in [-0.2, 0) is 4.79 Å². The molecule has 1 N–H and O–H groups in total. The third kappa shape index (κ3) is 4.98. The molecule has 1 saturated carbocycles. The van der Waals surface area contributed by atoms with Gasteiger partial charge in [0.25, 0.3) is 5.91 Å². The number of nitrogens with zero attached hydrogens (tertiary/aromatic N) is 1. The van der Waals surface area contributed by atoms with E-state index < -0.39 is 0 Å². The van der Waals surface area contributed by atoms with Crippen LogP contribution >= 0.6 is 0 Å². The maximum Gasteiger partial charge on any atom is 0.252 e. The van der Waals surface area contributed by atoms with Crippen molar-refractivity contribution in [3.63, 3.8) is 0 Å².